The standard InChI is InChI=1S/C23H23ClFN3O4.C12H13N3O3.ClH/c1-14-26-13-21(32-14)19-10-7-16(12-20(19)31-2)22(29)27-28-23(30)18(4-3-11-24)15-5-8-17(25)9-6-15;1-7-14-6-11(18-7)9-4-3-8(12(16)15-13)5-10(9)17-2;/h5-10,12-13,18H,3-4,11H2,1-2H3,(H,27,29)(H,28,30);3-6H,13H2,1-2H3,(H,15,16);1H. The number of nitrogen functional groups attached to an aromatic ring is 1. The predicted octanol–water partition coefficient (Wildman–Crippen LogP) is 6.05. The Labute approximate surface area is 304 Å². The van der Waals surface area contributed by atoms with E-state index in [9.17, 15) is 18.8 Å². The van der Waals surface area contributed by atoms with Crippen LogP contribution in [0.3, 0.4) is 0 Å². The number of nitrogens with one attached hydrogen (secondary N) is 3. The third-order valence-electron chi connectivity index (χ3n) is 7.35. The molecule has 0 saturated carbocycles. The lowest BCUT2D eigenvalue weighted by molar-refractivity contribution is -0.123. The van der Waals surface area contributed by atoms with Gasteiger partial charge in [-0.15, -0.1) is 24.0 Å². The van der Waals surface area contributed by atoms with Crippen molar-refractivity contribution in [2.24, 2.45) is 5.84 Å². The Morgan fingerprint density at radius 2 is 1.33 bits per heavy atom. The number of aryl methyl sites for hydroxylation is 2. The number of amides is 3. The molecule has 5 rings (SSSR count). The summed E-state index contributed by atoms with van der Waals surface area (Å²) in [6.45, 7) is 3.49. The molecule has 0 aliphatic heterocycles. The van der Waals surface area contributed by atoms with Crippen LogP contribution in [0, 0.1) is 19.7 Å². The summed E-state index contributed by atoms with van der Waals surface area (Å²) in [5, 5.41) is 0. The van der Waals surface area contributed by atoms with E-state index < -0.39 is 23.5 Å². The Hall–Kier alpha value is -5.44. The summed E-state index contributed by atoms with van der Waals surface area (Å²) in [7, 11) is 3.00. The minimum atomic E-state index is -0.582. The second kappa shape index (κ2) is 19.1. The van der Waals surface area contributed by atoms with Gasteiger partial charge in [0, 0.05) is 30.9 Å². The maximum Gasteiger partial charge on any atom is 0.269 e. The SMILES string of the molecule is COc1cc(C(=O)NN)ccc1-c1cnc(C)o1.COc1cc(C(=O)NNC(=O)C(CCCCl)c2ccc(F)cc2)ccc1-c1cnc(C)o1.Cl. The molecule has 0 aliphatic carbocycles. The van der Waals surface area contributed by atoms with E-state index in [4.69, 9.17) is 35.8 Å². The molecule has 13 nitrogen and oxygen atoms in total. The van der Waals surface area contributed by atoms with Crippen LogP contribution in [0.2, 0.25) is 0 Å². The smallest absolute Gasteiger partial charge is 0.269 e. The number of aromatic nitrogens is 2. The van der Waals surface area contributed by atoms with Crippen LogP contribution in [-0.2, 0) is 4.79 Å². The zero-order valence-electron chi connectivity index (χ0n) is 28.1. The van der Waals surface area contributed by atoms with Crippen molar-refractivity contribution in [3.8, 4) is 34.1 Å². The molecule has 0 radical (unpaired) electrons. The molecule has 0 aliphatic rings. The monoisotopic (exact) mass is 742 g/mol. The first-order valence-corrected chi connectivity index (χ1v) is 15.8. The number of ether oxygens (including phenoxy) is 2. The molecule has 2 heterocycles. The maximum absolute atomic E-state index is 13.2. The number of nitrogens with two attached hydrogens (primary N) is 1. The normalized spacial score (nSPS) is 10.9. The van der Waals surface area contributed by atoms with Gasteiger partial charge in [-0.2, -0.15) is 0 Å². The molecule has 5 aromatic rings. The second-order valence-corrected chi connectivity index (χ2v) is 11.0. The van der Waals surface area contributed by atoms with Crippen molar-refractivity contribution < 1.29 is 37.1 Å². The Balaban J connectivity index is 0.000000313. The number of rotatable bonds is 11. The molecule has 1 unspecified atom stereocenters. The van der Waals surface area contributed by atoms with E-state index >= 15 is 0 Å². The van der Waals surface area contributed by atoms with Gasteiger partial charge < -0.3 is 18.3 Å². The molecule has 1 atom stereocenters. The maximum atomic E-state index is 13.2. The van der Waals surface area contributed by atoms with Crippen LogP contribution in [-0.4, -0.2) is 47.8 Å². The van der Waals surface area contributed by atoms with E-state index in [2.05, 4.69) is 26.2 Å². The van der Waals surface area contributed by atoms with E-state index in [0.717, 1.165) is 5.56 Å². The van der Waals surface area contributed by atoms with Gasteiger partial charge in [0.25, 0.3) is 11.8 Å². The number of alkyl halides is 1. The van der Waals surface area contributed by atoms with E-state index in [-0.39, 0.29) is 23.9 Å². The highest BCUT2D eigenvalue weighted by molar-refractivity contribution is 6.17. The number of hydrogen-bond donors (Lipinski definition) is 4. The van der Waals surface area contributed by atoms with Crippen LogP contribution in [0.4, 0.5) is 4.39 Å². The minimum Gasteiger partial charge on any atom is -0.496 e. The predicted molar refractivity (Wildman–Crippen MR) is 190 cm³/mol. The van der Waals surface area contributed by atoms with Gasteiger partial charge in [-0.1, -0.05) is 12.1 Å². The van der Waals surface area contributed by atoms with Crippen molar-refractivity contribution in [3.05, 3.63) is 107 Å². The van der Waals surface area contributed by atoms with Crippen molar-refractivity contribution >= 4 is 41.7 Å². The number of carbonyl (C=O) groups is 3. The van der Waals surface area contributed by atoms with Gasteiger partial charge >= 0.3 is 0 Å². The van der Waals surface area contributed by atoms with E-state index in [0.29, 0.717) is 70.2 Å². The van der Waals surface area contributed by atoms with Crippen LogP contribution in [0.15, 0.2) is 81.9 Å². The lowest BCUT2D eigenvalue weighted by Gasteiger charge is -2.17. The van der Waals surface area contributed by atoms with Crippen LogP contribution in [0.5, 0.6) is 11.5 Å². The summed E-state index contributed by atoms with van der Waals surface area (Å²) >= 11 is 5.77. The Kier molecular flexibility index (Phi) is 15.0. The van der Waals surface area contributed by atoms with Gasteiger partial charge in [-0.05, 0) is 66.9 Å². The Morgan fingerprint density at radius 1 is 0.824 bits per heavy atom. The summed E-state index contributed by atoms with van der Waals surface area (Å²) in [4.78, 5) is 44.8. The van der Waals surface area contributed by atoms with Crippen molar-refractivity contribution in [2.75, 3.05) is 20.1 Å². The molecule has 3 aromatic carbocycles. The summed E-state index contributed by atoms with van der Waals surface area (Å²) < 4.78 is 34.8. The van der Waals surface area contributed by atoms with Gasteiger partial charge in [-0.25, -0.2) is 20.2 Å². The van der Waals surface area contributed by atoms with Gasteiger partial charge in [0.15, 0.2) is 23.3 Å². The number of hydrogen-bond acceptors (Lipinski definition) is 10. The van der Waals surface area contributed by atoms with Crippen LogP contribution in [0.25, 0.3) is 22.6 Å². The highest BCUT2D eigenvalue weighted by Gasteiger charge is 2.22. The second-order valence-electron chi connectivity index (χ2n) is 10.7. The molecule has 0 saturated heterocycles. The molecular formula is C35H37Cl2FN6O7. The number of benzene rings is 3. The number of oxazole rings is 2. The molecule has 3 amide bonds. The summed E-state index contributed by atoms with van der Waals surface area (Å²) in [6.07, 6.45) is 4.22. The molecule has 51 heavy (non-hydrogen) atoms. The first kappa shape index (κ1) is 40.0. The average Bonchev–Trinajstić information content (AvgIpc) is 3.78. The van der Waals surface area contributed by atoms with Gasteiger partial charge in [0.05, 0.1) is 43.7 Å². The first-order chi connectivity index (χ1) is 24.1. The van der Waals surface area contributed by atoms with Gasteiger partial charge in [0.2, 0.25) is 5.91 Å². The molecule has 0 bridgehead atoms. The zero-order valence-corrected chi connectivity index (χ0v) is 29.7. The highest BCUT2D eigenvalue weighted by Crippen LogP contribution is 2.32. The Bertz CT molecular complexity index is 1930. The van der Waals surface area contributed by atoms with Crippen molar-refractivity contribution in [1.82, 2.24) is 26.2 Å². The molecule has 5 N–H and O–H groups in total. The van der Waals surface area contributed by atoms with Gasteiger partial charge in [-0.3, -0.25) is 30.7 Å². The number of carbonyl (C=O) groups excluding carboxylic acids is 3. The Morgan fingerprint density at radius 3 is 1.76 bits per heavy atom. The molecular weight excluding hydrogens is 706 g/mol. The molecule has 16 heteroatoms. The van der Waals surface area contributed by atoms with Crippen LogP contribution >= 0.6 is 24.0 Å². The summed E-state index contributed by atoms with van der Waals surface area (Å²) in [5.74, 6) is 6.29. The number of nitrogens with zero attached hydrogens (tertiary/aromatic N) is 2. The lowest BCUT2D eigenvalue weighted by Crippen LogP contribution is -2.44. The van der Waals surface area contributed by atoms with Crippen LogP contribution < -0.4 is 31.6 Å². The quantitative estimate of drug-likeness (QED) is 0.0538. The van der Waals surface area contributed by atoms with Crippen molar-refractivity contribution in [3.63, 3.8) is 0 Å². The number of methoxy groups -OCH3 is 2. The van der Waals surface area contributed by atoms with E-state index in [1.165, 1.54) is 26.4 Å². The van der Waals surface area contributed by atoms with E-state index in [1.54, 1.807) is 74.8 Å². The molecule has 0 fully saturated rings. The first-order valence-electron chi connectivity index (χ1n) is 15.2. The highest BCUT2D eigenvalue weighted by atomic mass is 35.5. The molecule has 2 aromatic heterocycles. The fourth-order valence-electron chi connectivity index (χ4n) is 4.83. The number of hydrazine groups is 2. The molecule has 270 valence electrons. The molecule has 0 spiro atoms. The third-order valence-corrected chi connectivity index (χ3v) is 7.61. The zero-order chi connectivity index (χ0) is 36.2. The fourth-order valence-corrected chi connectivity index (χ4v) is 4.98. The number of halogens is 3. The topological polar surface area (TPSA) is 184 Å². The van der Waals surface area contributed by atoms with Gasteiger partial charge in [0.1, 0.15) is 17.3 Å². The average molecular weight is 744 g/mol. The van der Waals surface area contributed by atoms with Crippen molar-refractivity contribution in [2.45, 2.75) is 32.6 Å². The summed E-state index contributed by atoms with van der Waals surface area (Å²) in [5.41, 5.74) is 9.62. The minimum absolute atomic E-state index is 0. The third kappa shape index (κ3) is 10.5. The van der Waals surface area contributed by atoms with E-state index in [1.807, 2.05) is 0 Å². The summed E-state index contributed by atoms with van der Waals surface area (Å²) in [6, 6.07) is 15.4. The lowest BCUT2D eigenvalue weighted by atomic mass is 9.94. The van der Waals surface area contributed by atoms with Crippen LogP contribution in [0.1, 0.15) is 56.8 Å². The largest absolute Gasteiger partial charge is 0.496 e. The van der Waals surface area contributed by atoms with Crippen molar-refractivity contribution in [1.29, 1.82) is 0 Å². The fraction of sp³-hybridized carbons (Fsp3) is 0.229.